The van der Waals surface area contributed by atoms with Gasteiger partial charge in [0, 0.05) is 43.2 Å². The van der Waals surface area contributed by atoms with E-state index >= 15 is 0 Å². The number of fused-ring (bicyclic) bond motifs is 4. The van der Waals surface area contributed by atoms with Gasteiger partial charge in [-0.25, -0.2) is 0 Å². The number of rotatable bonds is 18. The molecule has 1 saturated carbocycles. The summed E-state index contributed by atoms with van der Waals surface area (Å²) < 4.78 is 32.4. The minimum absolute atomic E-state index is 0.0843. The van der Waals surface area contributed by atoms with Crippen molar-refractivity contribution in [2.75, 3.05) is 40.3 Å². The van der Waals surface area contributed by atoms with Crippen molar-refractivity contribution in [3.8, 4) is 28.7 Å². The van der Waals surface area contributed by atoms with E-state index in [0.29, 0.717) is 60.8 Å². The molecule has 1 amide bonds. The predicted molar refractivity (Wildman–Crippen MR) is 230 cm³/mol. The molecule has 8 rings (SSSR count). The molecule has 2 heterocycles. The Balaban J connectivity index is 1.30. The number of carbonyl (C=O) groups excluding carboxylic acids is 1. The zero-order valence-corrected chi connectivity index (χ0v) is 34.6. The van der Waals surface area contributed by atoms with Crippen LogP contribution in [0.5, 0.6) is 28.7 Å². The highest BCUT2D eigenvalue weighted by atomic mass is 16.7. The van der Waals surface area contributed by atoms with Crippen molar-refractivity contribution in [2.45, 2.75) is 76.0 Å². The summed E-state index contributed by atoms with van der Waals surface area (Å²) >= 11 is 0. The highest BCUT2D eigenvalue weighted by Gasteiger charge is 2.65. The Labute approximate surface area is 352 Å². The first-order valence-electron chi connectivity index (χ1n) is 21.4. The van der Waals surface area contributed by atoms with Gasteiger partial charge < -0.3 is 43.6 Å². The van der Waals surface area contributed by atoms with Gasteiger partial charge in [-0.3, -0.25) is 4.79 Å². The second-order valence-electron chi connectivity index (χ2n) is 16.1. The summed E-state index contributed by atoms with van der Waals surface area (Å²) in [6.45, 7) is 7.03. The van der Waals surface area contributed by atoms with Gasteiger partial charge in [0.15, 0.2) is 11.5 Å². The summed E-state index contributed by atoms with van der Waals surface area (Å²) in [4.78, 5) is 22.5. The third-order valence-electron chi connectivity index (χ3n) is 12.5. The SMILES string of the molecule is C=CCO[C@@]12Oc3ccc(Oc4ccc5ccccc5c4)cc3[C@H]3[C@H](CCCCO)[C@@H](CCCCO)C=C(C(=NOC)C[C@@H]1N(CCC)C(=O)c1ccc4c(c1)OCO4)[C@H]32. The molecule has 2 aliphatic heterocycles. The maximum absolute atomic E-state index is 15.0. The molecular formula is C49H56N2O9. The highest BCUT2D eigenvalue weighted by Crippen LogP contribution is 2.62. The maximum atomic E-state index is 15.0. The molecule has 2 aliphatic carbocycles. The molecule has 4 aromatic rings. The first-order chi connectivity index (χ1) is 29.4. The van der Waals surface area contributed by atoms with Crippen molar-refractivity contribution in [3.63, 3.8) is 0 Å². The van der Waals surface area contributed by atoms with Crippen LogP contribution in [0.3, 0.4) is 0 Å². The van der Waals surface area contributed by atoms with Gasteiger partial charge in [-0.15, -0.1) is 6.58 Å². The van der Waals surface area contributed by atoms with E-state index < -0.39 is 17.7 Å². The molecule has 0 spiro atoms. The van der Waals surface area contributed by atoms with Gasteiger partial charge >= 0.3 is 0 Å². The van der Waals surface area contributed by atoms with Crippen molar-refractivity contribution >= 4 is 22.4 Å². The molecule has 6 atom stereocenters. The topological polar surface area (TPSA) is 129 Å². The first kappa shape index (κ1) is 41.4. The van der Waals surface area contributed by atoms with E-state index in [-0.39, 0.29) is 50.3 Å². The van der Waals surface area contributed by atoms with Crippen LogP contribution in [0.2, 0.25) is 0 Å². The van der Waals surface area contributed by atoms with Crippen LogP contribution in [0.4, 0.5) is 0 Å². The number of aliphatic hydroxyl groups is 2. The predicted octanol–water partition coefficient (Wildman–Crippen LogP) is 9.18. The van der Waals surface area contributed by atoms with E-state index in [1.54, 1.807) is 31.4 Å². The summed E-state index contributed by atoms with van der Waals surface area (Å²) in [5, 5.41) is 26.8. The van der Waals surface area contributed by atoms with Crippen molar-refractivity contribution in [2.24, 2.45) is 22.9 Å². The molecule has 0 aromatic heterocycles. The van der Waals surface area contributed by atoms with E-state index in [4.69, 9.17) is 33.7 Å². The van der Waals surface area contributed by atoms with Crippen molar-refractivity contribution in [3.05, 3.63) is 114 Å². The fraction of sp³-hybridized carbons (Fsp3) is 0.429. The van der Waals surface area contributed by atoms with Crippen LogP contribution in [0.1, 0.15) is 80.1 Å². The van der Waals surface area contributed by atoms with Crippen LogP contribution >= 0.6 is 0 Å². The summed E-state index contributed by atoms with van der Waals surface area (Å²) in [6.07, 6.45) is 9.79. The van der Waals surface area contributed by atoms with E-state index in [1.807, 2.05) is 35.2 Å². The molecule has 0 saturated heterocycles. The van der Waals surface area contributed by atoms with Crippen LogP contribution in [0.15, 0.2) is 108 Å². The van der Waals surface area contributed by atoms with Crippen molar-refractivity contribution in [1.29, 1.82) is 0 Å². The average molecular weight is 817 g/mol. The highest BCUT2D eigenvalue weighted by molar-refractivity contribution is 6.03. The van der Waals surface area contributed by atoms with Crippen molar-refractivity contribution < 1.29 is 43.5 Å². The Morgan fingerprint density at radius 3 is 2.45 bits per heavy atom. The quantitative estimate of drug-likeness (QED) is 0.0574. The van der Waals surface area contributed by atoms with Crippen LogP contribution in [0, 0.1) is 17.8 Å². The third-order valence-corrected chi connectivity index (χ3v) is 12.5. The Kier molecular flexibility index (Phi) is 12.8. The average Bonchev–Trinajstić information content (AvgIpc) is 3.75. The number of amides is 1. The van der Waals surface area contributed by atoms with Gasteiger partial charge in [-0.05, 0) is 109 Å². The maximum Gasteiger partial charge on any atom is 0.254 e. The van der Waals surface area contributed by atoms with E-state index in [1.165, 1.54) is 0 Å². The van der Waals surface area contributed by atoms with E-state index in [0.717, 1.165) is 59.1 Å². The standard InChI is InChI=1S/C49H56N2O9/c1-4-22-51(48(54)35-17-20-43-44(28-35)57-31-56-43)45-30-41(50-55-3)39-27-34(14-8-10-23-52)38(15-9-11-24-53)46-40-29-37(59-36-18-16-32-12-6-7-13-33(32)26-36)19-21-42(40)60-49(45,47(39)46)58-25-5-2/h5-7,12-13,16-21,26-29,34,38,45-47,52-53H,2,4,8-11,14-15,22-25,30-31H2,1,3H3/t34-,38+,45-,46+,47+,49+/m0/s1. The number of unbranched alkanes of at least 4 members (excludes halogenated alkanes) is 2. The summed E-state index contributed by atoms with van der Waals surface area (Å²) in [6, 6.07) is 25.0. The zero-order chi connectivity index (χ0) is 41.6. The lowest BCUT2D eigenvalue weighted by molar-refractivity contribution is -0.254. The molecule has 2 N–H and O–H groups in total. The molecule has 0 unspecified atom stereocenters. The molecule has 11 heteroatoms. The molecule has 60 heavy (non-hydrogen) atoms. The van der Waals surface area contributed by atoms with Crippen LogP contribution < -0.4 is 18.9 Å². The number of nitrogens with zero attached hydrogens (tertiary/aromatic N) is 2. The number of ether oxygens (including phenoxy) is 5. The first-order valence-corrected chi connectivity index (χ1v) is 21.4. The lowest BCUT2D eigenvalue weighted by Crippen LogP contribution is -2.70. The van der Waals surface area contributed by atoms with Crippen molar-refractivity contribution in [1.82, 2.24) is 4.90 Å². The third kappa shape index (κ3) is 7.98. The largest absolute Gasteiger partial charge is 0.459 e. The van der Waals surface area contributed by atoms with Crippen LogP contribution in [-0.4, -0.2) is 78.8 Å². The molecule has 1 fully saturated rings. The number of carbonyl (C=O) groups is 1. The van der Waals surface area contributed by atoms with Gasteiger partial charge in [0.25, 0.3) is 5.91 Å². The van der Waals surface area contributed by atoms with Gasteiger partial charge in [0.2, 0.25) is 12.6 Å². The van der Waals surface area contributed by atoms with Crippen LogP contribution in [0.25, 0.3) is 10.8 Å². The molecule has 0 bridgehead atoms. The molecular weight excluding hydrogens is 761 g/mol. The minimum Gasteiger partial charge on any atom is -0.459 e. The molecule has 4 aliphatic rings. The number of benzene rings is 4. The Morgan fingerprint density at radius 2 is 1.67 bits per heavy atom. The molecule has 0 radical (unpaired) electrons. The number of hydrogen-bond donors (Lipinski definition) is 2. The molecule has 316 valence electrons. The number of aliphatic hydroxyl groups excluding tert-OH is 2. The normalized spacial score (nSPS) is 24.2. The summed E-state index contributed by atoms with van der Waals surface area (Å²) in [5.74, 6) is 1.24. The van der Waals surface area contributed by atoms with Gasteiger partial charge in [0.05, 0.1) is 18.2 Å². The van der Waals surface area contributed by atoms with E-state index in [2.05, 4.69) is 49.9 Å². The fourth-order valence-corrected chi connectivity index (χ4v) is 10.0. The second kappa shape index (κ2) is 18.5. The fourth-order valence-electron chi connectivity index (χ4n) is 10.0. The zero-order valence-electron chi connectivity index (χ0n) is 34.6. The summed E-state index contributed by atoms with van der Waals surface area (Å²) in [7, 11) is 1.56. The van der Waals surface area contributed by atoms with E-state index in [9.17, 15) is 15.0 Å². The smallest absolute Gasteiger partial charge is 0.254 e. The molecule has 4 aromatic carbocycles. The number of oxime groups is 1. The lowest BCUT2D eigenvalue weighted by Gasteiger charge is -2.60. The van der Waals surface area contributed by atoms with Gasteiger partial charge in [-0.1, -0.05) is 67.4 Å². The molecule has 11 nitrogen and oxygen atoms in total. The van der Waals surface area contributed by atoms with Gasteiger partial charge in [-0.2, -0.15) is 0 Å². The number of hydrogen-bond acceptors (Lipinski definition) is 10. The Bertz CT molecular complexity index is 2240. The Morgan fingerprint density at radius 1 is 0.917 bits per heavy atom. The summed E-state index contributed by atoms with van der Waals surface area (Å²) in [5.41, 5.74) is 3.18. The van der Waals surface area contributed by atoms with Crippen LogP contribution in [-0.2, 0) is 9.57 Å². The number of allylic oxidation sites excluding steroid dienone is 1. The lowest BCUT2D eigenvalue weighted by atomic mass is 9.55. The minimum atomic E-state index is -1.36. The Hall–Kier alpha value is -5.36. The second-order valence-corrected chi connectivity index (χ2v) is 16.1. The van der Waals surface area contributed by atoms with Gasteiger partial charge in [0.1, 0.15) is 30.4 Å². The monoisotopic (exact) mass is 816 g/mol.